The third kappa shape index (κ3) is 3.55. The quantitative estimate of drug-likeness (QED) is 0.402. The summed E-state index contributed by atoms with van der Waals surface area (Å²) >= 11 is 4.92. The number of nitrogens with one attached hydrogen (secondary N) is 1. The average Bonchev–Trinajstić information content (AvgIpc) is 3.29. The molecule has 136 valence electrons. The van der Waals surface area contributed by atoms with Gasteiger partial charge in [-0.1, -0.05) is 31.2 Å². The number of aryl methyl sites for hydroxylation is 1. The molecule has 4 rings (SSSR count). The fraction of sp³-hybridized carbons (Fsp3) is 0.143. The lowest BCUT2D eigenvalue weighted by atomic mass is 10.3. The molecule has 0 atom stereocenters. The molecule has 1 amide bonds. The van der Waals surface area contributed by atoms with Gasteiger partial charge in [0.05, 0.1) is 26.5 Å². The standard InChI is InChI=1S/C21H18BrN3OS/c1-2-13-25-17-10-6-5-9-16(17)23-20(25)18-11-12-19(27-18)21(26)24-15-8-4-3-7-14(15)22/h3-12H,2,13H2,1H3,(H,24,26). The van der Waals surface area contributed by atoms with E-state index in [0.717, 1.165) is 44.9 Å². The van der Waals surface area contributed by atoms with Crippen LogP contribution in [0.5, 0.6) is 0 Å². The number of halogens is 1. The number of anilines is 1. The second-order valence-corrected chi connectivity index (χ2v) is 8.11. The van der Waals surface area contributed by atoms with E-state index in [9.17, 15) is 4.79 Å². The summed E-state index contributed by atoms with van der Waals surface area (Å²) in [6, 6.07) is 19.6. The Morgan fingerprint density at radius 3 is 2.70 bits per heavy atom. The van der Waals surface area contributed by atoms with Crippen LogP contribution in [0.2, 0.25) is 0 Å². The molecule has 2 heterocycles. The molecule has 0 radical (unpaired) electrons. The van der Waals surface area contributed by atoms with Gasteiger partial charge in [-0.15, -0.1) is 11.3 Å². The Balaban J connectivity index is 1.66. The fourth-order valence-electron chi connectivity index (χ4n) is 3.04. The van der Waals surface area contributed by atoms with Gasteiger partial charge in [0.15, 0.2) is 5.82 Å². The van der Waals surface area contributed by atoms with Crippen molar-refractivity contribution in [3.05, 3.63) is 70.0 Å². The highest BCUT2D eigenvalue weighted by molar-refractivity contribution is 9.10. The zero-order valence-electron chi connectivity index (χ0n) is 14.8. The molecule has 0 unspecified atom stereocenters. The van der Waals surface area contributed by atoms with E-state index in [1.165, 1.54) is 11.3 Å². The van der Waals surface area contributed by atoms with Crippen LogP contribution in [0.4, 0.5) is 5.69 Å². The lowest BCUT2D eigenvalue weighted by Crippen LogP contribution is -2.10. The summed E-state index contributed by atoms with van der Waals surface area (Å²) in [5.41, 5.74) is 2.87. The molecular weight excluding hydrogens is 422 g/mol. The van der Waals surface area contributed by atoms with E-state index in [2.05, 4.69) is 38.8 Å². The number of hydrogen-bond donors (Lipinski definition) is 1. The molecule has 2 aromatic carbocycles. The van der Waals surface area contributed by atoms with E-state index in [4.69, 9.17) is 4.98 Å². The average molecular weight is 440 g/mol. The predicted octanol–water partition coefficient (Wildman–Crippen LogP) is 6.19. The number of nitrogens with zero attached hydrogens (tertiary/aromatic N) is 2. The minimum absolute atomic E-state index is 0.115. The van der Waals surface area contributed by atoms with Crippen LogP contribution >= 0.6 is 27.3 Å². The Morgan fingerprint density at radius 2 is 1.89 bits per heavy atom. The molecule has 0 fully saturated rings. The first-order valence-electron chi connectivity index (χ1n) is 8.78. The van der Waals surface area contributed by atoms with Gasteiger partial charge in [-0.3, -0.25) is 4.79 Å². The maximum Gasteiger partial charge on any atom is 0.265 e. The Morgan fingerprint density at radius 1 is 1.11 bits per heavy atom. The molecule has 2 aromatic heterocycles. The van der Waals surface area contributed by atoms with Gasteiger partial charge in [-0.05, 0) is 58.7 Å². The Bertz CT molecular complexity index is 1120. The summed E-state index contributed by atoms with van der Waals surface area (Å²) in [6.45, 7) is 3.05. The minimum atomic E-state index is -0.115. The molecule has 0 spiro atoms. The van der Waals surface area contributed by atoms with Crippen molar-refractivity contribution in [3.63, 3.8) is 0 Å². The van der Waals surface area contributed by atoms with Gasteiger partial charge in [0.2, 0.25) is 0 Å². The topological polar surface area (TPSA) is 46.9 Å². The lowest BCUT2D eigenvalue weighted by molar-refractivity contribution is 0.103. The van der Waals surface area contributed by atoms with Crippen molar-refractivity contribution >= 4 is 49.9 Å². The number of rotatable bonds is 5. The largest absolute Gasteiger partial charge is 0.323 e. The fourth-order valence-corrected chi connectivity index (χ4v) is 4.32. The van der Waals surface area contributed by atoms with Crippen LogP contribution in [0.1, 0.15) is 23.0 Å². The number of imidazole rings is 1. The Hall–Kier alpha value is -2.44. The number of hydrogen-bond acceptors (Lipinski definition) is 3. The van der Waals surface area contributed by atoms with E-state index in [-0.39, 0.29) is 5.91 Å². The number of para-hydroxylation sites is 3. The monoisotopic (exact) mass is 439 g/mol. The highest BCUT2D eigenvalue weighted by Gasteiger charge is 2.16. The molecule has 1 N–H and O–H groups in total. The van der Waals surface area contributed by atoms with Crippen LogP contribution in [-0.4, -0.2) is 15.5 Å². The second kappa shape index (κ2) is 7.66. The first kappa shape index (κ1) is 17.9. The third-order valence-electron chi connectivity index (χ3n) is 4.27. The zero-order chi connectivity index (χ0) is 18.8. The Kier molecular flexibility index (Phi) is 5.09. The molecule has 27 heavy (non-hydrogen) atoms. The van der Waals surface area contributed by atoms with Crippen LogP contribution < -0.4 is 5.32 Å². The van der Waals surface area contributed by atoms with E-state index in [1.807, 2.05) is 54.6 Å². The summed E-state index contributed by atoms with van der Waals surface area (Å²) in [5, 5.41) is 2.96. The molecule has 0 bridgehead atoms. The second-order valence-electron chi connectivity index (χ2n) is 6.17. The number of fused-ring (bicyclic) bond motifs is 1. The number of aromatic nitrogens is 2. The van der Waals surface area contributed by atoms with Crippen molar-refractivity contribution in [1.82, 2.24) is 9.55 Å². The van der Waals surface area contributed by atoms with Crippen molar-refractivity contribution in [1.29, 1.82) is 0 Å². The molecule has 6 heteroatoms. The molecule has 0 aliphatic heterocycles. The number of carbonyl (C=O) groups is 1. The number of carbonyl (C=O) groups excluding carboxylic acids is 1. The van der Waals surface area contributed by atoms with Gasteiger partial charge in [0.25, 0.3) is 5.91 Å². The van der Waals surface area contributed by atoms with E-state index in [0.29, 0.717) is 4.88 Å². The molecule has 0 saturated heterocycles. The van der Waals surface area contributed by atoms with Crippen LogP contribution in [0.25, 0.3) is 21.7 Å². The van der Waals surface area contributed by atoms with Gasteiger partial charge >= 0.3 is 0 Å². The SMILES string of the molecule is CCCn1c(-c2ccc(C(=O)Nc3ccccc3Br)s2)nc2ccccc21. The van der Waals surface area contributed by atoms with Gasteiger partial charge in [0.1, 0.15) is 0 Å². The first-order valence-corrected chi connectivity index (χ1v) is 10.4. The summed E-state index contributed by atoms with van der Waals surface area (Å²) < 4.78 is 3.09. The normalized spacial score (nSPS) is 11.0. The molecule has 0 aliphatic rings. The van der Waals surface area contributed by atoms with Crippen molar-refractivity contribution in [3.8, 4) is 10.7 Å². The molecular formula is C21H18BrN3OS. The maximum atomic E-state index is 12.6. The van der Waals surface area contributed by atoms with Gasteiger partial charge in [-0.2, -0.15) is 0 Å². The van der Waals surface area contributed by atoms with Crippen LogP contribution in [0.15, 0.2) is 65.1 Å². The lowest BCUT2D eigenvalue weighted by Gasteiger charge is -2.06. The zero-order valence-corrected chi connectivity index (χ0v) is 17.2. The molecule has 0 saturated carbocycles. The van der Waals surface area contributed by atoms with Crippen LogP contribution in [0.3, 0.4) is 0 Å². The first-order chi connectivity index (χ1) is 13.2. The van der Waals surface area contributed by atoms with Crippen molar-refractivity contribution in [2.75, 3.05) is 5.32 Å². The molecule has 4 nitrogen and oxygen atoms in total. The van der Waals surface area contributed by atoms with Crippen LogP contribution in [0, 0.1) is 0 Å². The van der Waals surface area contributed by atoms with Crippen molar-refractivity contribution < 1.29 is 4.79 Å². The van der Waals surface area contributed by atoms with E-state index >= 15 is 0 Å². The minimum Gasteiger partial charge on any atom is -0.323 e. The third-order valence-corrected chi connectivity index (χ3v) is 6.05. The summed E-state index contributed by atoms with van der Waals surface area (Å²) in [4.78, 5) is 19.1. The summed E-state index contributed by atoms with van der Waals surface area (Å²) in [7, 11) is 0. The van der Waals surface area contributed by atoms with Gasteiger partial charge in [0, 0.05) is 11.0 Å². The van der Waals surface area contributed by atoms with Crippen molar-refractivity contribution in [2.45, 2.75) is 19.9 Å². The highest BCUT2D eigenvalue weighted by Crippen LogP contribution is 2.31. The van der Waals surface area contributed by atoms with Gasteiger partial charge in [-0.25, -0.2) is 4.98 Å². The maximum absolute atomic E-state index is 12.6. The predicted molar refractivity (Wildman–Crippen MR) is 115 cm³/mol. The van der Waals surface area contributed by atoms with Gasteiger partial charge < -0.3 is 9.88 Å². The van der Waals surface area contributed by atoms with Crippen LogP contribution in [-0.2, 0) is 6.54 Å². The summed E-state index contributed by atoms with van der Waals surface area (Å²) in [6.07, 6.45) is 1.02. The Labute approximate surface area is 170 Å². The number of thiophene rings is 1. The smallest absolute Gasteiger partial charge is 0.265 e. The number of amides is 1. The molecule has 0 aliphatic carbocycles. The highest BCUT2D eigenvalue weighted by atomic mass is 79.9. The van der Waals surface area contributed by atoms with E-state index < -0.39 is 0 Å². The summed E-state index contributed by atoms with van der Waals surface area (Å²) in [5.74, 6) is 0.805. The number of benzene rings is 2. The van der Waals surface area contributed by atoms with E-state index in [1.54, 1.807) is 0 Å². The molecule has 4 aromatic rings. The van der Waals surface area contributed by atoms with Crippen molar-refractivity contribution in [2.24, 2.45) is 0 Å².